The molecule has 0 radical (unpaired) electrons. The van der Waals surface area contributed by atoms with Crippen molar-refractivity contribution in [2.45, 2.75) is 24.3 Å². The first-order valence-corrected chi connectivity index (χ1v) is 9.03. The number of carbonyl (C=O) groups excluding carboxylic acids is 1. The second-order valence-corrected chi connectivity index (χ2v) is 7.98. The van der Waals surface area contributed by atoms with Gasteiger partial charge in [0.2, 0.25) is 15.9 Å². The Morgan fingerprint density at radius 3 is 2.79 bits per heavy atom. The van der Waals surface area contributed by atoms with Crippen molar-refractivity contribution in [2.75, 3.05) is 25.5 Å². The highest BCUT2D eigenvalue weighted by Gasteiger charge is 2.26. The average Bonchev–Trinajstić information content (AvgIpc) is 3.06. The molecule has 2 aromatic rings. The van der Waals surface area contributed by atoms with Crippen LogP contribution in [0, 0.1) is 0 Å². The minimum atomic E-state index is -3.54. The van der Waals surface area contributed by atoms with Crippen LogP contribution in [0.4, 0.5) is 5.69 Å². The van der Waals surface area contributed by atoms with Gasteiger partial charge in [0, 0.05) is 32.5 Å². The number of rotatable bonds is 4. The Hall–Kier alpha value is -2.26. The minimum Gasteiger partial charge on any atom is -0.310 e. The van der Waals surface area contributed by atoms with E-state index in [1.807, 2.05) is 0 Å². The van der Waals surface area contributed by atoms with E-state index < -0.39 is 10.0 Å². The summed E-state index contributed by atoms with van der Waals surface area (Å²) in [4.78, 5) is 14.4. The van der Waals surface area contributed by atoms with Crippen molar-refractivity contribution in [1.82, 2.24) is 19.3 Å². The lowest BCUT2D eigenvalue weighted by molar-refractivity contribution is -0.119. The number of hydrogen-bond donors (Lipinski definition) is 0. The third kappa shape index (κ3) is 3.04. The third-order valence-corrected chi connectivity index (χ3v) is 5.84. The highest BCUT2D eigenvalue weighted by atomic mass is 32.2. The van der Waals surface area contributed by atoms with Crippen LogP contribution in [0.15, 0.2) is 35.5 Å². The van der Waals surface area contributed by atoms with Gasteiger partial charge in [-0.3, -0.25) is 4.79 Å². The summed E-state index contributed by atoms with van der Waals surface area (Å²) in [6.07, 6.45) is 4.80. The first-order chi connectivity index (χ1) is 11.4. The molecular formula is C15H19N5O3S. The third-order valence-electron chi connectivity index (χ3n) is 4.02. The number of nitrogens with zero attached hydrogens (tertiary/aromatic N) is 5. The number of anilines is 1. The molecule has 3 rings (SSSR count). The van der Waals surface area contributed by atoms with E-state index in [1.165, 1.54) is 29.3 Å². The second kappa shape index (κ2) is 6.33. The molecule has 0 spiro atoms. The molecule has 24 heavy (non-hydrogen) atoms. The van der Waals surface area contributed by atoms with Gasteiger partial charge >= 0.3 is 0 Å². The molecule has 128 valence electrons. The predicted octanol–water partition coefficient (Wildman–Crippen LogP) is 0.508. The number of hydrogen-bond acceptors (Lipinski definition) is 5. The van der Waals surface area contributed by atoms with Crippen molar-refractivity contribution < 1.29 is 13.2 Å². The van der Waals surface area contributed by atoms with E-state index in [4.69, 9.17) is 0 Å². The standard InChI is InChI=1S/C15H19N5O3S/c1-18(2)24(22,23)13-6-5-12-4-3-8-20(14(12)10-13)15(21)11-19-9-7-16-17-19/h5-7,9-10H,3-4,8,11H2,1-2H3. The largest absolute Gasteiger partial charge is 0.310 e. The zero-order valence-electron chi connectivity index (χ0n) is 13.6. The summed E-state index contributed by atoms with van der Waals surface area (Å²) < 4.78 is 27.3. The summed E-state index contributed by atoms with van der Waals surface area (Å²) in [6, 6.07) is 4.98. The van der Waals surface area contributed by atoms with Crippen LogP contribution in [-0.4, -0.2) is 54.3 Å². The Kier molecular flexibility index (Phi) is 4.37. The van der Waals surface area contributed by atoms with Gasteiger partial charge in [0.15, 0.2) is 0 Å². The molecule has 0 saturated carbocycles. The molecule has 0 atom stereocenters. The molecule has 9 heteroatoms. The summed E-state index contributed by atoms with van der Waals surface area (Å²) in [6.45, 7) is 0.635. The number of sulfonamides is 1. The highest BCUT2D eigenvalue weighted by molar-refractivity contribution is 7.89. The Labute approximate surface area is 140 Å². The Balaban J connectivity index is 1.95. The smallest absolute Gasteiger partial charge is 0.248 e. The van der Waals surface area contributed by atoms with Crippen LogP contribution >= 0.6 is 0 Å². The summed E-state index contributed by atoms with van der Waals surface area (Å²) in [7, 11) is -0.565. The molecule has 1 aromatic carbocycles. The van der Waals surface area contributed by atoms with E-state index in [0.29, 0.717) is 12.2 Å². The molecule has 0 fully saturated rings. The zero-order valence-corrected chi connectivity index (χ0v) is 14.4. The predicted molar refractivity (Wildman–Crippen MR) is 88.0 cm³/mol. The van der Waals surface area contributed by atoms with Crippen LogP contribution in [0.2, 0.25) is 0 Å². The van der Waals surface area contributed by atoms with E-state index in [-0.39, 0.29) is 17.3 Å². The van der Waals surface area contributed by atoms with Gasteiger partial charge < -0.3 is 4.90 Å². The van der Waals surface area contributed by atoms with Crippen molar-refractivity contribution in [3.63, 3.8) is 0 Å². The Bertz CT molecular complexity index is 846. The number of aromatic nitrogens is 3. The SMILES string of the molecule is CN(C)S(=O)(=O)c1ccc2c(c1)N(C(=O)Cn1ccnn1)CCC2. The fraction of sp³-hybridized carbons (Fsp3) is 0.400. The Morgan fingerprint density at radius 1 is 1.33 bits per heavy atom. The van der Waals surface area contributed by atoms with E-state index in [0.717, 1.165) is 18.4 Å². The number of amides is 1. The second-order valence-electron chi connectivity index (χ2n) is 5.83. The minimum absolute atomic E-state index is 0.0735. The first-order valence-electron chi connectivity index (χ1n) is 7.59. The van der Waals surface area contributed by atoms with Gasteiger partial charge in [-0.05, 0) is 30.5 Å². The molecule has 0 unspecified atom stereocenters. The quantitative estimate of drug-likeness (QED) is 0.802. The maximum absolute atomic E-state index is 12.6. The molecule has 2 heterocycles. The molecule has 1 aromatic heterocycles. The van der Waals surface area contributed by atoms with Gasteiger partial charge in [0.25, 0.3) is 0 Å². The van der Waals surface area contributed by atoms with E-state index in [1.54, 1.807) is 29.3 Å². The van der Waals surface area contributed by atoms with Gasteiger partial charge in [0.05, 0.1) is 11.1 Å². The molecule has 0 saturated heterocycles. The van der Waals surface area contributed by atoms with Gasteiger partial charge in [-0.2, -0.15) is 0 Å². The van der Waals surface area contributed by atoms with E-state index in [9.17, 15) is 13.2 Å². The van der Waals surface area contributed by atoms with Gasteiger partial charge in [-0.25, -0.2) is 17.4 Å². The number of benzene rings is 1. The lowest BCUT2D eigenvalue weighted by Gasteiger charge is -2.30. The maximum Gasteiger partial charge on any atom is 0.248 e. The van der Waals surface area contributed by atoms with Crippen molar-refractivity contribution in [1.29, 1.82) is 0 Å². The molecule has 0 aliphatic carbocycles. The van der Waals surface area contributed by atoms with Crippen LogP contribution in [0.5, 0.6) is 0 Å². The van der Waals surface area contributed by atoms with Crippen LogP contribution in [0.25, 0.3) is 0 Å². The summed E-state index contributed by atoms with van der Waals surface area (Å²) in [5.41, 5.74) is 1.64. The van der Waals surface area contributed by atoms with Crippen molar-refractivity contribution in [3.05, 3.63) is 36.2 Å². The summed E-state index contributed by atoms with van der Waals surface area (Å²) in [5, 5.41) is 7.49. The van der Waals surface area contributed by atoms with Gasteiger partial charge in [-0.1, -0.05) is 11.3 Å². The van der Waals surface area contributed by atoms with Crippen LogP contribution < -0.4 is 4.90 Å². The van der Waals surface area contributed by atoms with Crippen molar-refractivity contribution in [2.24, 2.45) is 0 Å². The van der Waals surface area contributed by atoms with E-state index >= 15 is 0 Å². The monoisotopic (exact) mass is 349 g/mol. The summed E-state index contributed by atoms with van der Waals surface area (Å²) in [5.74, 6) is -0.138. The molecule has 1 amide bonds. The fourth-order valence-electron chi connectivity index (χ4n) is 2.73. The average molecular weight is 349 g/mol. The number of aryl methyl sites for hydroxylation is 1. The molecule has 1 aliphatic heterocycles. The van der Waals surface area contributed by atoms with Gasteiger partial charge in [0.1, 0.15) is 6.54 Å². The van der Waals surface area contributed by atoms with E-state index in [2.05, 4.69) is 10.3 Å². The fourth-order valence-corrected chi connectivity index (χ4v) is 3.65. The molecule has 1 aliphatic rings. The molecule has 8 nitrogen and oxygen atoms in total. The lowest BCUT2D eigenvalue weighted by atomic mass is 10.0. The maximum atomic E-state index is 12.6. The lowest BCUT2D eigenvalue weighted by Crippen LogP contribution is -2.38. The van der Waals surface area contributed by atoms with Gasteiger partial charge in [-0.15, -0.1) is 5.10 Å². The van der Waals surface area contributed by atoms with Crippen molar-refractivity contribution in [3.8, 4) is 0 Å². The van der Waals surface area contributed by atoms with Crippen LogP contribution in [-0.2, 0) is 27.8 Å². The van der Waals surface area contributed by atoms with Crippen LogP contribution in [0.1, 0.15) is 12.0 Å². The Morgan fingerprint density at radius 2 is 2.12 bits per heavy atom. The number of carbonyl (C=O) groups is 1. The first kappa shape index (κ1) is 16.6. The zero-order chi connectivity index (χ0) is 17.3. The number of fused-ring (bicyclic) bond motifs is 1. The van der Waals surface area contributed by atoms with Crippen molar-refractivity contribution >= 4 is 21.6 Å². The molecule has 0 bridgehead atoms. The summed E-state index contributed by atoms with van der Waals surface area (Å²) >= 11 is 0. The molecule has 0 N–H and O–H groups in total. The normalized spacial score (nSPS) is 14.7. The van der Waals surface area contributed by atoms with Crippen LogP contribution in [0.3, 0.4) is 0 Å². The highest BCUT2D eigenvalue weighted by Crippen LogP contribution is 2.30. The molecular weight excluding hydrogens is 330 g/mol. The topological polar surface area (TPSA) is 88.4 Å².